The minimum atomic E-state index is 0.0134. The largest absolute Gasteiger partial charge is 0.340 e. The minimum Gasteiger partial charge on any atom is -0.340 e. The highest BCUT2D eigenvalue weighted by molar-refractivity contribution is 6.31. The molecule has 2 rings (SSSR count). The molecule has 0 unspecified atom stereocenters. The van der Waals surface area contributed by atoms with E-state index < -0.39 is 0 Å². The molecule has 1 aromatic carbocycles. The van der Waals surface area contributed by atoms with Crippen LogP contribution in [0.1, 0.15) is 32.1 Å². The number of rotatable bonds is 4. The Labute approximate surface area is 117 Å². The molecular weight excluding hydrogens is 262 g/mol. The molecule has 1 aromatic heterocycles. The Hall–Kier alpha value is -1.39. The van der Waals surface area contributed by atoms with Gasteiger partial charge in [-0.1, -0.05) is 18.5 Å². The number of hydrogen-bond acceptors (Lipinski definition) is 2. The molecule has 5 heteroatoms. The van der Waals surface area contributed by atoms with Gasteiger partial charge in [0.2, 0.25) is 0 Å². The predicted octanol–water partition coefficient (Wildman–Crippen LogP) is 1.71. The second-order valence-electron chi connectivity index (χ2n) is 4.53. The second kappa shape index (κ2) is 5.72. The lowest BCUT2D eigenvalue weighted by atomic mass is 10.1. The van der Waals surface area contributed by atoms with E-state index in [0.717, 1.165) is 12.2 Å². The lowest BCUT2D eigenvalue weighted by Gasteiger charge is -2.16. The van der Waals surface area contributed by atoms with Crippen molar-refractivity contribution in [3.05, 3.63) is 39.4 Å². The first-order valence-electron chi connectivity index (χ1n) is 6.61. The summed E-state index contributed by atoms with van der Waals surface area (Å²) in [5, 5.41) is 3.32. The normalized spacial score (nSPS) is 12.8. The molecule has 0 amide bonds. The van der Waals surface area contributed by atoms with Crippen LogP contribution in [0.5, 0.6) is 0 Å². The number of nitrogens with two attached hydrogens (primary N) is 1. The maximum Gasteiger partial charge on any atom is 0.261 e. The zero-order chi connectivity index (χ0) is 14.0. The van der Waals surface area contributed by atoms with E-state index in [1.165, 1.54) is 0 Å². The average molecular weight is 281 g/mol. The fraction of sp³-hybridized carbons (Fsp3) is 0.429. The SMILES string of the molecule is CC[C@@H]([NH2+]C)c1nc2cc(Cl)ccc2c(=O)n1CC. The van der Waals surface area contributed by atoms with E-state index in [1.54, 1.807) is 22.8 Å². The highest BCUT2D eigenvalue weighted by atomic mass is 35.5. The monoisotopic (exact) mass is 280 g/mol. The summed E-state index contributed by atoms with van der Waals surface area (Å²) in [6, 6.07) is 5.43. The van der Waals surface area contributed by atoms with Crippen molar-refractivity contribution in [3.63, 3.8) is 0 Å². The molecular formula is C14H19ClN3O+. The smallest absolute Gasteiger partial charge is 0.261 e. The first kappa shape index (κ1) is 14.0. The topological polar surface area (TPSA) is 51.5 Å². The van der Waals surface area contributed by atoms with Gasteiger partial charge in [0.25, 0.3) is 5.56 Å². The molecule has 4 nitrogen and oxygen atoms in total. The van der Waals surface area contributed by atoms with E-state index in [-0.39, 0.29) is 11.6 Å². The average Bonchev–Trinajstić information content (AvgIpc) is 2.40. The summed E-state index contributed by atoms with van der Waals surface area (Å²) in [4.78, 5) is 17.2. The molecule has 1 heterocycles. The van der Waals surface area contributed by atoms with Gasteiger partial charge < -0.3 is 5.32 Å². The van der Waals surface area contributed by atoms with Gasteiger partial charge in [-0.15, -0.1) is 0 Å². The van der Waals surface area contributed by atoms with Crippen molar-refractivity contribution in [3.8, 4) is 0 Å². The van der Waals surface area contributed by atoms with E-state index in [1.807, 2.05) is 14.0 Å². The first-order valence-corrected chi connectivity index (χ1v) is 6.99. The molecule has 0 bridgehead atoms. The van der Waals surface area contributed by atoms with Gasteiger partial charge in [0.15, 0.2) is 5.82 Å². The Morgan fingerprint density at radius 2 is 2.16 bits per heavy atom. The zero-order valence-electron chi connectivity index (χ0n) is 11.5. The van der Waals surface area contributed by atoms with Gasteiger partial charge in [-0.2, -0.15) is 0 Å². The van der Waals surface area contributed by atoms with Gasteiger partial charge in [0.1, 0.15) is 6.04 Å². The van der Waals surface area contributed by atoms with Crippen LogP contribution in [0.15, 0.2) is 23.0 Å². The van der Waals surface area contributed by atoms with Gasteiger partial charge in [-0.05, 0) is 25.1 Å². The van der Waals surface area contributed by atoms with Crippen LogP contribution in [0.3, 0.4) is 0 Å². The highest BCUT2D eigenvalue weighted by Crippen LogP contribution is 2.17. The maximum atomic E-state index is 12.5. The van der Waals surface area contributed by atoms with E-state index in [4.69, 9.17) is 11.6 Å². The Bertz CT molecular complexity index is 647. The van der Waals surface area contributed by atoms with Crippen molar-refractivity contribution in [2.45, 2.75) is 32.9 Å². The van der Waals surface area contributed by atoms with Crippen molar-refractivity contribution in [2.24, 2.45) is 0 Å². The van der Waals surface area contributed by atoms with Crippen LogP contribution in [-0.2, 0) is 6.54 Å². The van der Waals surface area contributed by atoms with Gasteiger partial charge in [0.05, 0.1) is 18.0 Å². The van der Waals surface area contributed by atoms with E-state index in [2.05, 4.69) is 17.2 Å². The summed E-state index contributed by atoms with van der Waals surface area (Å²) in [6.45, 7) is 4.69. The standard InChI is InChI=1S/C14H18ClN3O/c1-4-11(16-3)13-17-12-8-9(15)6-7-10(12)14(19)18(13)5-2/h6-8,11,16H,4-5H2,1-3H3/p+1/t11-/m1/s1. The van der Waals surface area contributed by atoms with E-state index in [0.29, 0.717) is 22.5 Å². The van der Waals surface area contributed by atoms with E-state index >= 15 is 0 Å². The number of nitrogens with zero attached hydrogens (tertiary/aromatic N) is 2. The lowest BCUT2D eigenvalue weighted by Crippen LogP contribution is -2.81. The van der Waals surface area contributed by atoms with Gasteiger partial charge >= 0.3 is 0 Å². The van der Waals surface area contributed by atoms with Crippen LogP contribution in [-0.4, -0.2) is 16.6 Å². The molecule has 0 aliphatic heterocycles. The van der Waals surface area contributed by atoms with Crippen molar-refractivity contribution >= 4 is 22.5 Å². The molecule has 19 heavy (non-hydrogen) atoms. The summed E-state index contributed by atoms with van der Waals surface area (Å²) >= 11 is 5.99. The molecule has 2 N–H and O–H groups in total. The highest BCUT2D eigenvalue weighted by Gasteiger charge is 2.19. The van der Waals surface area contributed by atoms with Gasteiger partial charge in [-0.25, -0.2) is 4.98 Å². The van der Waals surface area contributed by atoms with Crippen molar-refractivity contribution in [1.29, 1.82) is 0 Å². The van der Waals surface area contributed by atoms with Gasteiger partial charge in [0, 0.05) is 18.0 Å². The third-order valence-electron chi connectivity index (χ3n) is 3.44. The van der Waals surface area contributed by atoms with Crippen LogP contribution in [0.25, 0.3) is 10.9 Å². The second-order valence-corrected chi connectivity index (χ2v) is 4.97. The third kappa shape index (κ3) is 2.51. The van der Waals surface area contributed by atoms with Crippen molar-refractivity contribution < 1.29 is 5.32 Å². The molecule has 2 aromatic rings. The summed E-state index contributed by atoms with van der Waals surface area (Å²) in [7, 11) is 2.00. The molecule has 0 saturated carbocycles. The number of benzene rings is 1. The summed E-state index contributed by atoms with van der Waals surface area (Å²) < 4.78 is 1.75. The maximum absolute atomic E-state index is 12.5. The third-order valence-corrected chi connectivity index (χ3v) is 3.67. The van der Waals surface area contributed by atoms with Crippen LogP contribution in [0.4, 0.5) is 0 Å². The molecule has 0 saturated heterocycles. The minimum absolute atomic E-state index is 0.0134. The number of aromatic nitrogens is 2. The molecule has 0 aliphatic carbocycles. The predicted molar refractivity (Wildman–Crippen MR) is 77.6 cm³/mol. The molecule has 102 valence electrons. The summed E-state index contributed by atoms with van der Waals surface area (Å²) in [6.07, 6.45) is 0.926. The first-order chi connectivity index (χ1) is 9.12. The Morgan fingerprint density at radius 3 is 2.74 bits per heavy atom. The van der Waals surface area contributed by atoms with Gasteiger partial charge in [-0.3, -0.25) is 9.36 Å². The summed E-state index contributed by atoms with van der Waals surface area (Å²) in [5.41, 5.74) is 0.692. The van der Waals surface area contributed by atoms with Crippen molar-refractivity contribution in [1.82, 2.24) is 9.55 Å². The number of fused-ring (bicyclic) bond motifs is 1. The zero-order valence-corrected chi connectivity index (χ0v) is 12.2. The molecule has 0 aliphatic rings. The number of halogens is 1. The fourth-order valence-electron chi connectivity index (χ4n) is 2.37. The van der Waals surface area contributed by atoms with E-state index in [9.17, 15) is 4.79 Å². The van der Waals surface area contributed by atoms with Crippen LogP contribution < -0.4 is 10.9 Å². The Balaban J connectivity index is 2.79. The quantitative estimate of drug-likeness (QED) is 0.927. The molecule has 0 fully saturated rings. The Morgan fingerprint density at radius 1 is 1.42 bits per heavy atom. The number of hydrogen-bond donors (Lipinski definition) is 1. The van der Waals surface area contributed by atoms with Crippen molar-refractivity contribution in [2.75, 3.05) is 7.05 Å². The Kier molecular flexibility index (Phi) is 4.22. The molecule has 0 spiro atoms. The fourth-order valence-corrected chi connectivity index (χ4v) is 2.53. The number of quaternary nitrogens is 1. The summed E-state index contributed by atoms with van der Waals surface area (Å²) in [5.74, 6) is 0.826. The van der Waals surface area contributed by atoms with Crippen LogP contribution in [0.2, 0.25) is 5.02 Å². The van der Waals surface area contributed by atoms with Crippen LogP contribution in [0, 0.1) is 0 Å². The molecule has 1 atom stereocenters. The molecule has 0 radical (unpaired) electrons. The van der Waals surface area contributed by atoms with Crippen LogP contribution >= 0.6 is 11.6 Å². The lowest BCUT2D eigenvalue weighted by molar-refractivity contribution is -0.672.